The third-order valence-corrected chi connectivity index (χ3v) is 2.70. The third-order valence-electron chi connectivity index (χ3n) is 2.70. The summed E-state index contributed by atoms with van der Waals surface area (Å²) in [5.74, 6) is -3.69. The van der Waals surface area contributed by atoms with Crippen LogP contribution in [0, 0.1) is 11.7 Å². The average Bonchev–Trinajstić information content (AvgIpc) is 2.30. The molecule has 0 saturated carbocycles. The first-order valence-corrected chi connectivity index (χ1v) is 5.76. The second kappa shape index (κ2) is 6.84. The average molecular weight is 269 g/mol. The molecule has 0 amide bonds. The molecule has 0 heterocycles. The summed E-state index contributed by atoms with van der Waals surface area (Å²) in [7, 11) is 1.63. The molecule has 5 nitrogen and oxygen atoms in total. The van der Waals surface area contributed by atoms with Crippen LogP contribution >= 0.6 is 0 Å². The minimum Gasteiger partial charge on any atom is -0.481 e. The highest BCUT2D eigenvalue weighted by atomic mass is 19.1. The molecule has 0 aliphatic carbocycles. The summed E-state index contributed by atoms with van der Waals surface area (Å²) in [6.45, 7) is 0.284. The fourth-order valence-electron chi connectivity index (χ4n) is 1.80. The smallest absolute Gasteiger partial charge is 0.308 e. The van der Waals surface area contributed by atoms with Gasteiger partial charge in [0, 0.05) is 18.7 Å². The molecule has 1 unspecified atom stereocenters. The van der Waals surface area contributed by atoms with E-state index in [1.807, 2.05) is 0 Å². The van der Waals surface area contributed by atoms with Gasteiger partial charge >= 0.3 is 11.9 Å². The maximum Gasteiger partial charge on any atom is 0.308 e. The Balaban J connectivity index is 2.62. The lowest BCUT2D eigenvalue weighted by molar-refractivity contribution is -0.148. The van der Waals surface area contributed by atoms with E-state index in [1.54, 1.807) is 30.1 Å². The lowest BCUT2D eigenvalue weighted by Gasteiger charge is -2.20. The molecular weight excluding hydrogens is 253 g/mol. The van der Waals surface area contributed by atoms with Crippen molar-refractivity contribution in [3.8, 4) is 0 Å². The molecule has 2 N–H and O–H groups in total. The van der Waals surface area contributed by atoms with Crippen molar-refractivity contribution in [1.82, 2.24) is 4.90 Å². The van der Waals surface area contributed by atoms with Crippen molar-refractivity contribution >= 4 is 11.9 Å². The molecule has 0 radical (unpaired) electrons. The van der Waals surface area contributed by atoms with Crippen molar-refractivity contribution in [1.29, 1.82) is 0 Å². The van der Waals surface area contributed by atoms with Crippen LogP contribution in [0.5, 0.6) is 0 Å². The molecule has 19 heavy (non-hydrogen) atoms. The largest absolute Gasteiger partial charge is 0.481 e. The Morgan fingerprint density at radius 3 is 2.47 bits per heavy atom. The molecule has 1 atom stereocenters. The summed E-state index contributed by atoms with van der Waals surface area (Å²) in [5.41, 5.74) is 0.449. The molecule has 1 rings (SSSR count). The number of nitrogens with zero attached hydrogens (tertiary/aromatic N) is 1. The first-order chi connectivity index (χ1) is 8.90. The number of carboxylic acid groups (broad SMARTS) is 2. The van der Waals surface area contributed by atoms with Crippen LogP contribution in [0.1, 0.15) is 12.0 Å². The van der Waals surface area contributed by atoms with Crippen molar-refractivity contribution in [2.24, 2.45) is 5.92 Å². The van der Waals surface area contributed by atoms with E-state index in [1.165, 1.54) is 6.07 Å². The van der Waals surface area contributed by atoms with E-state index in [2.05, 4.69) is 0 Å². The Bertz CT molecular complexity index is 464. The quantitative estimate of drug-likeness (QED) is 0.783. The van der Waals surface area contributed by atoms with E-state index in [9.17, 15) is 14.0 Å². The van der Waals surface area contributed by atoms with Gasteiger partial charge in [0.2, 0.25) is 0 Å². The summed E-state index contributed by atoms with van der Waals surface area (Å²) in [5, 5.41) is 17.6. The zero-order valence-electron chi connectivity index (χ0n) is 10.5. The molecule has 0 bridgehead atoms. The van der Waals surface area contributed by atoms with Crippen LogP contribution in [0.2, 0.25) is 0 Å². The van der Waals surface area contributed by atoms with Gasteiger partial charge in [0.05, 0.1) is 12.3 Å². The molecule has 0 saturated heterocycles. The fraction of sp³-hybridized carbons (Fsp3) is 0.385. The Morgan fingerprint density at radius 2 is 1.95 bits per heavy atom. The number of hydrogen-bond donors (Lipinski definition) is 2. The standard InChI is InChI=1S/C13H16FNO4/c1-15(7-9-4-2-3-5-11(9)14)8-10(13(18)19)6-12(16)17/h2-5,10H,6-8H2,1H3,(H,16,17)(H,18,19). The summed E-state index contributed by atoms with van der Waals surface area (Å²) < 4.78 is 13.4. The van der Waals surface area contributed by atoms with Crippen LogP contribution in [0.4, 0.5) is 4.39 Å². The molecule has 0 fully saturated rings. The summed E-state index contributed by atoms with van der Waals surface area (Å²) in [4.78, 5) is 23.1. The van der Waals surface area contributed by atoms with E-state index in [4.69, 9.17) is 10.2 Å². The lowest BCUT2D eigenvalue weighted by atomic mass is 10.1. The SMILES string of the molecule is CN(Cc1ccccc1F)CC(CC(=O)O)C(=O)O. The number of rotatable bonds is 7. The fourth-order valence-corrected chi connectivity index (χ4v) is 1.80. The number of carbonyl (C=O) groups is 2. The van der Waals surface area contributed by atoms with Gasteiger partial charge in [-0.1, -0.05) is 18.2 Å². The topological polar surface area (TPSA) is 77.8 Å². The highest BCUT2D eigenvalue weighted by molar-refractivity contribution is 5.77. The highest BCUT2D eigenvalue weighted by Gasteiger charge is 2.22. The van der Waals surface area contributed by atoms with Crippen LogP contribution in [-0.2, 0) is 16.1 Å². The molecule has 104 valence electrons. The zero-order chi connectivity index (χ0) is 14.4. The minimum absolute atomic E-state index is 0.0516. The molecule has 1 aromatic carbocycles. The predicted molar refractivity (Wildman–Crippen MR) is 66.1 cm³/mol. The van der Waals surface area contributed by atoms with Crippen LogP contribution in [0.15, 0.2) is 24.3 Å². The maximum atomic E-state index is 13.4. The van der Waals surface area contributed by atoms with E-state index in [-0.39, 0.29) is 18.9 Å². The van der Waals surface area contributed by atoms with Crippen molar-refractivity contribution in [3.05, 3.63) is 35.6 Å². The second-order valence-corrected chi connectivity index (χ2v) is 4.42. The molecule has 0 spiro atoms. The number of halogens is 1. The first kappa shape index (κ1) is 15.1. The first-order valence-electron chi connectivity index (χ1n) is 5.76. The highest BCUT2D eigenvalue weighted by Crippen LogP contribution is 2.12. The van der Waals surface area contributed by atoms with Gasteiger partial charge in [-0.25, -0.2) is 4.39 Å². The van der Waals surface area contributed by atoms with Crippen molar-refractivity contribution in [3.63, 3.8) is 0 Å². The summed E-state index contributed by atoms with van der Waals surface area (Å²) >= 11 is 0. The second-order valence-electron chi connectivity index (χ2n) is 4.42. The Labute approximate surface area is 110 Å². The van der Waals surface area contributed by atoms with Crippen molar-refractivity contribution in [2.75, 3.05) is 13.6 Å². The van der Waals surface area contributed by atoms with Crippen LogP contribution in [0.3, 0.4) is 0 Å². The van der Waals surface area contributed by atoms with E-state index < -0.39 is 24.3 Å². The Morgan fingerprint density at radius 1 is 1.32 bits per heavy atom. The van der Waals surface area contributed by atoms with Gasteiger partial charge in [-0.15, -0.1) is 0 Å². The van der Waals surface area contributed by atoms with Gasteiger partial charge in [0.1, 0.15) is 5.82 Å². The van der Waals surface area contributed by atoms with Crippen molar-refractivity contribution in [2.45, 2.75) is 13.0 Å². The Hall–Kier alpha value is -1.95. The van der Waals surface area contributed by atoms with Gasteiger partial charge in [-0.2, -0.15) is 0 Å². The third kappa shape index (κ3) is 5.05. The van der Waals surface area contributed by atoms with Crippen LogP contribution in [-0.4, -0.2) is 40.6 Å². The maximum absolute atomic E-state index is 13.4. The molecular formula is C13H16FNO4. The van der Waals surface area contributed by atoms with Gasteiger partial charge < -0.3 is 15.1 Å². The molecule has 0 aliphatic heterocycles. The van der Waals surface area contributed by atoms with Crippen LogP contribution in [0.25, 0.3) is 0 Å². The number of hydrogen-bond acceptors (Lipinski definition) is 3. The summed E-state index contributed by atoms with van der Waals surface area (Å²) in [6.07, 6.45) is -0.447. The van der Waals surface area contributed by atoms with E-state index in [0.29, 0.717) is 5.56 Å². The minimum atomic E-state index is -1.16. The summed E-state index contributed by atoms with van der Waals surface area (Å²) in [6, 6.07) is 6.20. The van der Waals surface area contributed by atoms with Gasteiger partial charge in [0.25, 0.3) is 0 Å². The number of benzene rings is 1. The monoisotopic (exact) mass is 269 g/mol. The van der Waals surface area contributed by atoms with Crippen molar-refractivity contribution < 1.29 is 24.2 Å². The molecule has 6 heteroatoms. The molecule has 0 aliphatic rings. The van der Waals surface area contributed by atoms with Gasteiger partial charge in [0.15, 0.2) is 0 Å². The normalized spacial score (nSPS) is 12.4. The Kier molecular flexibility index (Phi) is 5.44. The molecule has 0 aromatic heterocycles. The molecule has 1 aromatic rings. The van der Waals surface area contributed by atoms with E-state index >= 15 is 0 Å². The lowest BCUT2D eigenvalue weighted by Crippen LogP contribution is -2.31. The van der Waals surface area contributed by atoms with Crippen LogP contribution < -0.4 is 0 Å². The number of carboxylic acids is 2. The zero-order valence-corrected chi connectivity index (χ0v) is 10.5. The van der Waals surface area contributed by atoms with Gasteiger partial charge in [-0.3, -0.25) is 9.59 Å². The van der Waals surface area contributed by atoms with Gasteiger partial charge in [-0.05, 0) is 13.1 Å². The number of aliphatic carboxylic acids is 2. The van der Waals surface area contributed by atoms with E-state index in [0.717, 1.165) is 0 Å². The predicted octanol–water partition coefficient (Wildman–Crippen LogP) is 1.43.